The number of thioether (sulfide) groups is 1. The van der Waals surface area contributed by atoms with Crippen molar-refractivity contribution in [2.24, 2.45) is 16.6 Å². The number of rotatable bonds is 5. The first-order valence-corrected chi connectivity index (χ1v) is 6.08. The van der Waals surface area contributed by atoms with Crippen LogP contribution in [0.4, 0.5) is 0 Å². The molecule has 14 heavy (non-hydrogen) atoms. The maximum Gasteiger partial charge on any atom is 0.155 e. The van der Waals surface area contributed by atoms with Crippen molar-refractivity contribution in [3.8, 4) is 0 Å². The zero-order chi connectivity index (χ0) is 11.1. The average molecular weight is 218 g/mol. The van der Waals surface area contributed by atoms with Crippen molar-refractivity contribution in [2.75, 3.05) is 6.26 Å². The van der Waals surface area contributed by atoms with Crippen LogP contribution in [0.2, 0.25) is 0 Å². The number of hydrogen-bond donors (Lipinski definition) is 3. The first-order valence-electron chi connectivity index (χ1n) is 4.85. The zero-order valence-corrected chi connectivity index (χ0v) is 10.5. The first kappa shape index (κ1) is 13.7. The van der Waals surface area contributed by atoms with Gasteiger partial charge in [0.15, 0.2) is 5.17 Å². The van der Waals surface area contributed by atoms with Crippen molar-refractivity contribution in [1.82, 2.24) is 10.9 Å². The molecule has 0 fully saturated rings. The minimum absolute atomic E-state index is 0.0323. The van der Waals surface area contributed by atoms with Gasteiger partial charge in [0.2, 0.25) is 0 Å². The van der Waals surface area contributed by atoms with Gasteiger partial charge in [0.05, 0.1) is 0 Å². The van der Waals surface area contributed by atoms with E-state index in [-0.39, 0.29) is 6.17 Å². The van der Waals surface area contributed by atoms with Crippen LogP contribution in [-0.2, 0) is 0 Å². The molecule has 0 aliphatic heterocycles. The molecule has 0 aliphatic carbocycles. The van der Waals surface area contributed by atoms with Crippen molar-refractivity contribution >= 4 is 16.9 Å². The molecular weight excluding hydrogens is 196 g/mol. The fourth-order valence-electron chi connectivity index (χ4n) is 0.790. The van der Waals surface area contributed by atoms with Crippen LogP contribution in [0.3, 0.4) is 0 Å². The number of amidine groups is 1. The molecule has 4 N–H and O–H groups in total. The van der Waals surface area contributed by atoms with Crippen LogP contribution >= 0.6 is 11.8 Å². The molecule has 84 valence electrons. The second kappa shape index (κ2) is 7.09. The number of aliphatic imine (C=N–C) groups is 1. The molecule has 0 rings (SSSR count). The summed E-state index contributed by atoms with van der Waals surface area (Å²) < 4.78 is 0. The lowest BCUT2D eigenvalue weighted by Gasteiger charge is -2.21. The highest BCUT2D eigenvalue weighted by Gasteiger charge is 2.11. The molecule has 0 spiro atoms. The topological polar surface area (TPSA) is 62.4 Å². The second-order valence-corrected chi connectivity index (χ2v) is 4.63. The molecule has 0 aromatic rings. The van der Waals surface area contributed by atoms with Gasteiger partial charge in [-0.1, -0.05) is 25.6 Å². The summed E-state index contributed by atoms with van der Waals surface area (Å²) >= 11 is 1.46. The summed E-state index contributed by atoms with van der Waals surface area (Å²) in [5.74, 6) is 0.409. The van der Waals surface area contributed by atoms with Gasteiger partial charge in [-0.25, -0.2) is 10.4 Å². The molecule has 0 amide bonds. The van der Waals surface area contributed by atoms with Crippen LogP contribution in [-0.4, -0.2) is 23.6 Å². The highest BCUT2D eigenvalue weighted by Crippen LogP contribution is 2.04. The minimum Gasteiger partial charge on any atom is -0.378 e. The van der Waals surface area contributed by atoms with E-state index in [1.165, 1.54) is 11.8 Å². The number of hydrazine groups is 1. The van der Waals surface area contributed by atoms with Crippen molar-refractivity contribution in [1.29, 1.82) is 0 Å². The van der Waals surface area contributed by atoms with Crippen molar-refractivity contribution in [3.05, 3.63) is 0 Å². The van der Waals surface area contributed by atoms with E-state index in [0.717, 1.165) is 0 Å². The Bertz CT molecular complexity index is 180. The summed E-state index contributed by atoms with van der Waals surface area (Å²) in [5, 5.41) is 0.613. The highest BCUT2D eigenvalue weighted by atomic mass is 32.2. The first-order chi connectivity index (χ1) is 6.47. The molecule has 0 aromatic carbocycles. The lowest BCUT2D eigenvalue weighted by molar-refractivity contribution is 0.339. The molecule has 0 heterocycles. The quantitative estimate of drug-likeness (QED) is 0.368. The summed E-state index contributed by atoms with van der Waals surface area (Å²) in [6.07, 6.45) is 1.95. The van der Waals surface area contributed by atoms with E-state index in [1.807, 2.05) is 6.26 Å². The van der Waals surface area contributed by atoms with Crippen LogP contribution in [0.1, 0.15) is 27.7 Å². The summed E-state index contributed by atoms with van der Waals surface area (Å²) in [5.41, 5.74) is 12.0. The summed E-state index contributed by atoms with van der Waals surface area (Å²) in [6.45, 7) is 8.37. The van der Waals surface area contributed by atoms with Gasteiger partial charge >= 0.3 is 0 Å². The second-order valence-electron chi connectivity index (χ2n) is 3.80. The lowest BCUT2D eigenvalue weighted by atomic mass is 10.2. The van der Waals surface area contributed by atoms with E-state index in [1.54, 1.807) is 0 Å². The van der Waals surface area contributed by atoms with Crippen LogP contribution in [0.15, 0.2) is 4.99 Å². The molecule has 0 saturated heterocycles. The summed E-state index contributed by atoms with van der Waals surface area (Å²) in [6, 6.07) is 0.391. The number of nitrogens with two attached hydrogens (primary N) is 1. The molecule has 0 radical (unpaired) electrons. The zero-order valence-electron chi connectivity index (χ0n) is 9.66. The summed E-state index contributed by atoms with van der Waals surface area (Å²) in [4.78, 5) is 4.35. The predicted molar refractivity (Wildman–Crippen MR) is 65.2 cm³/mol. The van der Waals surface area contributed by atoms with E-state index in [9.17, 15) is 0 Å². The SMILES string of the molecule is CSC(N)=NC(NNC(C)C)C(C)C. The lowest BCUT2D eigenvalue weighted by Crippen LogP contribution is -2.46. The third kappa shape index (κ3) is 6.23. The Balaban J connectivity index is 4.16. The maximum atomic E-state index is 5.66. The standard InChI is InChI=1S/C9H22N4S/c1-6(2)8(11-9(10)14-5)13-12-7(3)4/h6-8,12-13H,1-5H3,(H2,10,11). The Kier molecular flexibility index (Phi) is 6.96. The van der Waals surface area contributed by atoms with Crippen LogP contribution < -0.4 is 16.6 Å². The van der Waals surface area contributed by atoms with Crippen molar-refractivity contribution < 1.29 is 0 Å². The average Bonchev–Trinajstić information content (AvgIpc) is 2.10. The highest BCUT2D eigenvalue weighted by molar-refractivity contribution is 8.13. The van der Waals surface area contributed by atoms with Crippen LogP contribution in [0, 0.1) is 5.92 Å². The van der Waals surface area contributed by atoms with Gasteiger partial charge in [0.1, 0.15) is 6.17 Å². The maximum absolute atomic E-state index is 5.66. The Morgan fingerprint density at radius 3 is 2.14 bits per heavy atom. The van der Waals surface area contributed by atoms with Crippen molar-refractivity contribution in [3.63, 3.8) is 0 Å². The fourth-order valence-corrected chi connectivity index (χ4v) is 1.01. The van der Waals surface area contributed by atoms with E-state index in [0.29, 0.717) is 17.1 Å². The number of nitrogens with one attached hydrogen (secondary N) is 2. The van der Waals surface area contributed by atoms with Gasteiger partial charge in [-0.2, -0.15) is 0 Å². The van der Waals surface area contributed by atoms with Gasteiger partial charge in [-0.3, -0.25) is 5.43 Å². The Morgan fingerprint density at radius 1 is 1.21 bits per heavy atom. The molecule has 0 aliphatic rings. The van der Waals surface area contributed by atoms with Gasteiger partial charge in [-0.05, 0) is 26.0 Å². The molecular formula is C9H22N4S. The molecule has 1 atom stereocenters. The number of nitrogens with zero attached hydrogens (tertiary/aromatic N) is 1. The summed E-state index contributed by atoms with van der Waals surface area (Å²) in [7, 11) is 0. The molecule has 0 bridgehead atoms. The largest absolute Gasteiger partial charge is 0.378 e. The third-order valence-electron chi connectivity index (χ3n) is 1.63. The Labute approximate surface area is 91.1 Å². The minimum atomic E-state index is 0.0323. The Morgan fingerprint density at radius 2 is 1.79 bits per heavy atom. The number of hydrogen-bond acceptors (Lipinski definition) is 4. The molecule has 1 unspecified atom stereocenters. The van der Waals surface area contributed by atoms with Gasteiger partial charge in [0, 0.05) is 6.04 Å². The van der Waals surface area contributed by atoms with Gasteiger partial charge in [0.25, 0.3) is 0 Å². The third-order valence-corrected chi connectivity index (χ3v) is 2.15. The normalized spacial score (nSPS) is 15.2. The van der Waals surface area contributed by atoms with E-state index in [4.69, 9.17) is 5.73 Å². The Hall–Kier alpha value is -0.260. The smallest absolute Gasteiger partial charge is 0.155 e. The monoisotopic (exact) mass is 218 g/mol. The van der Waals surface area contributed by atoms with E-state index >= 15 is 0 Å². The van der Waals surface area contributed by atoms with Crippen LogP contribution in [0.5, 0.6) is 0 Å². The molecule has 0 saturated carbocycles. The van der Waals surface area contributed by atoms with E-state index < -0.39 is 0 Å². The van der Waals surface area contributed by atoms with Gasteiger partial charge in [-0.15, -0.1) is 0 Å². The van der Waals surface area contributed by atoms with Gasteiger partial charge < -0.3 is 5.73 Å². The molecule has 0 aromatic heterocycles. The molecule has 5 heteroatoms. The fraction of sp³-hybridized carbons (Fsp3) is 0.889. The van der Waals surface area contributed by atoms with E-state index in [2.05, 4.69) is 43.5 Å². The predicted octanol–water partition coefficient (Wildman–Crippen LogP) is 1.15. The van der Waals surface area contributed by atoms with Crippen molar-refractivity contribution in [2.45, 2.75) is 39.9 Å². The van der Waals surface area contributed by atoms with Crippen LogP contribution in [0.25, 0.3) is 0 Å². The molecule has 4 nitrogen and oxygen atoms in total.